The van der Waals surface area contributed by atoms with Crippen molar-refractivity contribution in [3.8, 4) is 5.75 Å². The van der Waals surface area contributed by atoms with Crippen LogP contribution in [0.25, 0.3) is 0 Å². The van der Waals surface area contributed by atoms with E-state index in [1.165, 1.54) is 0 Å². The third-order valence-electron chi connectivity index (χ3n) is 2.19. The Bertz CT molecular complexity index is 514. The molecule has 4 heteroatoms. The Labute approximate surface area is 104 Å². The van der Waals surface area contributed by atoms with E-state index in [1.807, 2.05) is 22.9 Å². The monoisotopic (exact) mass is 254 g/mol. The van der Waals surface area contributed by atoms with Crippen LogP contribution < -0.4 is 4.57 Å². The fourth-order valence-electron chi connectivity index (χ4n) is 1.46. The van der Waals surface area contributed by atoms with Gasteiger partial charge in [-0.05, 0) is 18.2 Å². The SMILES string of the molecule is Oc1ccc[n+](Cc2ccc(Cl)c(Cl)c2)c1. The van der Waals surface area contributed by atoms with Gasteiger partial charge in [-0.3, -0.25) is 0 Å². The van der Waals surface area contributed by atoms with Crippen molar-refractivity contribution in [3.63, 3.8) is 0 Å². The first kappa shape index (κ1) is 11.2. The molecular formula is C12H10Cl2NO+. The molecule has 0 amide bonds. The molecule has 0 bridgehead atoms. The molecule has 0 atom stereocenters. The number of halogens is 2. The second kappa shape index (κ2) is 4.73. The molecule has 0 aliphatic rings. The smallest absolute Gasteiger partial charge is 0.211 e. The van der Waals surface area contributed by atoms with Crippen LogP contribution in [0, 0.1) is 0 Å². The molecule has 2 aromatic rings. The van der Waals surface area contributed by atoms with E-state index in [9.17, 15) is 5.11 Å². The number of aromatic hydroxyl groups is 1. The highest BCUT2D eigenvalue weighted by Crippen LogP contribution is 2.22. The number of hydrogen-bond donors (Lipinski definition) is 1. The number of pyridine rings is 1. The Balaban J connectivity index is 2.24. The zero-order valence-corrected chi connectivity index (χ0v) is 9.91. The lowest BCUT2D eigenvalue weighted by molar-refractivity contribution is -0.688. The standard InChI is InChI=1S/C12H9Cl2NO/c13-11-4-3-9(6-12(11)14)7-15-5-1-2-10(16)8-15/h1-6,8H,7H2/p+1. The van der Waals surface area contributed by atoms with E-state index in [1.54, 1.807) is 24.4 Å². The largest absolute Gasteiger partial charge is 0.503 e. The fourth-order valence-corrected chi connectivity index (χ4v) is 1.78. The molecule has 0 aliphatic heterocycles. The average Bonchev–Trinajstić information content (AvgIpc) is 2.24. The van der Waals surface area contributed by atoms with Gasteiger partial charge in [-0.25, -0.2) is 0 Å². The summed E-state index contributed by atoms with van der Waals surface area (Å²) in [4.78, 5) is 0. The third kappa shape index (κ3) is 2.65. The topological polar surface area (TPSA) is 24.1 Å². The summed E-state index contributed by atoms with van der Waals surface area (Å²) in [6.07, 6.45) is 3.53. The molecule has 16 heavy (non-hydrogen) atoms. The van der Waals surface area contributed by atoms with Gasteiger partial charge in [-0.2, -0.15) is 4.57 Å². The highest BCUT2D eigenvalue weighted by molar-refractivity contribution is 6.41. The number of rotatable bonds is 2. The highest BCUT2D eigenvalue weighted by Gasteiger charge is 2.05. The van der Waals surface area contributed by atoms with Crippen molar-refractivity contribution in [1.29, 1.82) is 0 Å². The van der Waals surface area contributed by atoms with Gasteiger partial charge < -0.3 is 5.11 Å². The van der Waals surface area contributed by atoms with Gasteiger partial charge in [0.05, 0.1) is 10.0 Å². The number of nitrogens with zero attached hydrogens (tertiary/aromatic N) is 1. The molecule has 0 fully saturated rings. The van der Waals surface area contributed by atoms with Crippen LogP contribution in [0.15, 0.2) is 42.7 Å². The van der Waals surface area contributed by atoms with E-state index in [0.717, 1.165) is 5.56 Å². The quantitative estimate of drug-likeness (QED) is 0.819. The second-order valence-electron chi connectivity index (χ2n) is 3.48. The first-order valence-electron chi connectivity index (χ1n) is 4.77. The summed E-state index contributed by atoms with van der Waals surface area (Å²) in [5, 5.41) is 10.4. The Morgan fingerprint density at radius 3 is 2.62 bits per heavy atom. The minimum Gasteiger partial charge on any atom is -0.503 e. The summed E-state index contributed by atoms with van der Waals surface area (Å²) >= 11 is 11.8. The Morgan fingerprint density at radius 2 is 1.94 bits per heavy atom. The molecule has 1 aromatic carbocycles. The molecule has 0 unspecified atom stereocenters. The lowest BCUT2D eigenvalue weighted by atomic mass is 10.2. The van der Waals surface area contributed by atoms with Crippen LogP contribution in [0.5, 0.6) is 5.75 Å². The molecule has 0 radical (unpaired) electrons. The van der Waals surface area contributed by atoms with E-state index >= 15 is 0 Å². The van der Waals surface area contributed by atoms with E-state index in [4.69, 9.17) is 23.2 Å². The lowest BCUT2D eigenvalue weighted by Gasteiger charge is -2.00. The molecule has 2 nitrogen and oxygen atoms in total. The van der Waals surface area contributed by atoms with Crippen molar-refractivity contribution in [1.82, 2.24) is 0 Å². The van der Waals surface area contributed by atoms with Crippen LogP contribution in [-0.2, 0) is 6.54 Å². The van der Waals surface area contributed by atoms with E-state index in [-0.39, 0.29) is 5.75 Å². The summed E-state index contributed by atoms with van der Waals surface area (Å²) in [6, 6.07) is 8.91. The second-order valence-corrected chi connectivity index (χ2v) is 4.30. The maximum atomic E-state index is 9.32. The van der Waals surface area contributed by atoms with Crippen molar-refractivity contribution in [2.75, 3.05) is 0 Å². The van der Waals surface area contributed by atoms with Gasteiger partial charge in [-0.1, -0.05) is 29.3 Å². The van der Waals surface area contributed by atoms with Gasteiger partial charge in [0.1, 0.15) is 0 Å². The Hall–Kier alpha value is -1.25. The molecule has 2 rings (SSSR count). The zero-order valence-electron chi connectivity index (χ0n) is 8.40. The van der Waals surface area contributed by atoms with Crippen molar-refractivity contribution in [2.45, 2.75) is 6.54 Å². The molecule has 0 saturated heterocycles. The summed E-state index contributed by atoms with van der Waals surface area (Å²) in [5.41, 5.74) is 1.03. The van der Waals surface area contributed by atoms with Gasteiger partial charge in [-0.15, -0.1) is 0 Å². The van der Waals surface area contributed by atoms with Crippen LogP contribution in [-0.4, -0.2) is 5.11 Å². The summed E-state index contributed by atoms with van der Waals surface area (Å²) in [6.45, 7) is 0.644. The molecule has 0 saturated carbocycles. The molecule has 1 N–H and O–H groups in total. The molecule has 1 aromatic heterocycles. The number of hydrogen-bond acceptors (Lipinski definition) is 1. The molecule has 82 valence electrons. The predicted octanol–water partition coefficient (Wildman–Crippen LogP) is 3.03. The fraction of sp³-hybridized carbons (Fsp3) is 0.0833. The Kier molecular flexibility index (Phi) is 3.32. The average molecular weight is 255 g/mol. The Morgan fingerprint density at radius 1 is 1.12 bits per heavy atom. The van der Waals surface area contributed by atoms with Crippen LogP contribution in [0.4, 0.5) is 0 Å². The number of aromatic nitrogens is 1. The number of benzene rings is 1. The summed E-state index contributed by atoms with van der Waals surface area (Å²) in [7, 11) is 0. The highest BCUT2D eigenvalue weighted by atomic mass is 35.5. The van der Waals surface area contributed by atoms with Crippen molar-refractivity contribution in [2.24, 2.45) is 0 Å². The van der Waals surface area contributed by atoms with Crippen LogP contribution in [0.3, 0.4) is 0 Å². The molecular weight excluding hydrogens is 245 g/mol. The van der Waals surface area contributed by atoms with Crippen molar-refractivity contribution >= 4 is 23.2 Å². The minimum absolute atomic E-state index is 0.238. The van der Waals surface area contributed by atoms with Crippen LogP contribution in [0.1, 0.15) is 5.56 Å². The first-order chi connectivity index (χ1) is 7.65. The lowest BCUT2D eigenvalue weighted by Crippen LogP contribution is -2.32. The molecule has 0 aliphatic carbocycles. The van der Waals surface area contributed by atoms with Crippen molar-refractivity contribution < 1.29 is 9.67 Å². The van der Waals surface area contributed by atoms with Gasteiger partial charge in [0, 0.05) is 11.6 Å². The third-order valence-corrected chi connectivity index (χ3v) is 2.93. The van der Waals surface area contributed by atoms with E-state index in [0.29, 0.717) is 16.6 Å². The maximum absolute atomic E-state index is 9.32. The van der Waals surface area contributed by atoms with E-state index in [2.05, 4.69) is 0 Å². The maximum Gasteiger partial charge on any atom is 0.211 e. The van der Waals surface area contributed by atoms with Gasteiger partial charge >= 0.3 is 0 Å². The van der Waals surface area contributed by atoms with Gasteiger partial charge in [0.25, 0.3) is 0 Å². The molecule has 0 spiro atoms. The van der Waals surface area contributed by atoms with Gasteiger partial charge in [0.15, 0.2) is 18.5 Å². The first-order valence-corrected chi connectivity index (χ1v) is 5.53. The predicted molar refractivity (Wildman–Crippen MR) is 63.9 cm³/mol. The van der Waals surface area contributed by atoms with Crippen LogP contribution in [0.2, 0.25) is 10.0 Å². The molecule has 1 heterocycles. The summed E-state index contributed by atoms with van der Waals surface area (Å²) < 4.78 is 1.87. The normalized spacial score (nSPS) is 10.4. The summed E-state index contributed by atoms with van der Waals surface area (Å²) in [5.74, 6) is 0.238. The van der Waals surface area contributed by atoms with Gasteiger partial charge in [0.2, 0.25) is 6.20 Å². The van der Waals surface area contributed by atoms with Crippen molar-refractivity contribution in [3.05, 3.63) is 58.3 Å². The minimum atomic E-state index is 0.238. The zero-order chi connectivity index (χ0) is 11.5. The van der Waals surface area contributed by atoms with Crippen LogP contribution >= 0.6 is 23.2 Å². The van der Waals surface area contributed by atoms with E-state index < -0.39 is 0 Å².